The lowest BCUT2D eigenvalue weighted by Gasteiger charge is -2.15. The topological polar surface area (TPSA) is 34.7 Å². The normalized spacial score (nSPS) is 14.1. The molecule has 5 nitrogen and oxygen atoms in total. The van der Waals surface area contributed by atoms with Gasteiger partial charge in [-0.15, -0.1) is 34.0 Å². The second kappa shape index (κ2) is 9.32. The van der Waals surface area contributed by atoms with Gasteiger partial charge in [-0.05, 0) is 62.3 Å². The van der Waals surface area contributed by atoms with E-state index in [1.807, 2.05) is 12.1 Å². The van der Waals surface area contributed by atoms with Crippen molar-refractivity contribution in [3.63, 3.8) is 0 Å². The molecular formula is C22H26Br2N4O. The van der Waals surface area contributed by atoms with Gasteiger partial charge in [0.2, 0.25) is 5.78 Å². The first-order valence-corrected chi connectivity index (χ1v) is 9.66. The van der Waals surface area contributed by atoms with E-state index in [9.17, 15) is 0 Å². The SMILES string of the molecule is Br.Br.COc1ccc(-c2cn3c4ccccc4n(CCN4CCCC4)c3n2)cc1. The third-order valence-corrected chi connectivity index (χ3v) is 5.59. The van der Waals surface area contributed by atoms with Crippen LogP contribution in [0.25, 0.3) is 28.1 Å². The summed E-state index contributed by atoms with van der Waals surface area (Å²) in [6, 6.07) is 16.7. The van der Waals surface area contributed by atoms with Gasteiger partial charge in [-0.25, -0.2) is 4.98 Å². The van der Waals surface area contributed by atoms with Crippen molar-refractivity contribution < 1.29 is 4.74 Å². The Kier molecular flexibility index (Phi) is 7.03. The monoisotopic (exact) mass is 520 g/mol. The zero-order chi connectivity index (χ0) is 18.2. The molecule has 2 aromatic heterocycles. The van der Waals surface area contributed by atoms with E-state index >= 15 is 0 Å². The molecule has 29 heavy (non-hydrogen) atoms. The molecule has 2 aromatic carbocycles. The van der Waals surface area contributed by atoms with E-state index in [2.05, 4.69) is 56.5 Å². The Morgan fingerprint density at radius 3 is 2.28 bits per heavy atom. The first kappa shape index (κ1) is 21.9. The van der Waals surface area contributed by atoms with E-state index < -0.39 is 0 Å². The number of likely N-dealkylation sites (tertiary alicyclic amines) is 1. The highest BCUT2D eigenvalue weighted by Gasteiger charge is 2.17. The fourth-order valence-corrected chi connectivity index (χ4v) is 4.11. The molecule has 0 amide bonds. The van der Waals surface area contributed by atoms with E-state index in [1.165, 1.54) is 37.0 Å². The molecule has 5 rings (SSSR count). The molecule has 1 aliphatic heterocycles. The maximum atomic E-state index is 5.27. The van der Waals surface area contributed by atoms with E-state index in [0.717, 1.165) is 35.9 Å². The quantitative estimate of drug-likeness (QED) is 0.361. The molecular weight excluding hydrogens is 496 g/mol. The number of aromatic nitrogens is 3. The molecule has 1 saturated heterocycles. The molecule has 4 aromatic rings. The summed E-state index contributed by atoms with van der Waals surface area (Å²) < 4.78 is 9.85. The minimum Gasteiger partial charge on any atom is -0.497 e. The minimum atomic E-state index is 0. The van der Waals surface area contributed by atoms with Crippen molar-refractivity contribution in [2.45, 2.75) is 19.4 Å². The van der Waals surface area contributed by atoms with Crippen molar-refractivity contribution in [3.8, 4) is 17.0 Å². The standard InChI is InChI=1S/C22H24N4O.2BrH/c1-27-18-10-8-17(9-11-18)19-16-26-21-7-3-2-6-20(21)25(22(26)23-19)15-14-24-12-4-5-13-24;;/h2-3,6-11,16H,4-5,12-15H2,1H3;2*1H. The lowest BCUT2D eigenvalue weighted by atomic mass is 10.2. The van der Waals surface area contributed by atoms with Crippen LogP contribution in [-0.2, 0) is 6.54 Å². The van der Waals surface area contributed by atoms with Gasteiger partial charge in [-0.3, -0.25) is 4.40 Å². The largest absolute Gasteiger partial charge is 0.497 e. The number of ether oxygens (including phenoxy) is 1. The van der Waals surface area contributed by atoms with Crippen LogP contribution in [0.5, 0.6) is 5.75 Å². The van der Waals surface area contributed by atoms with Crippen LogP contribution < -0.4 is 4.74 Å². The predicted molar refractivity (Wildman–Crippen MR) is 129 cm³/mol. The third-order valence-electron chi connectivity index (χ3n) is 5.59. The Hall–Kier alpha value is -1.83. The molecule has 1 fully saturated rings. The molecule has 0 spiro atoms. The molecule has 1 aliphatic rings. The summed E-state index contributed by atoms with van der Waals surface area (Å²) >= 11 is 0. The summed E-state index contributed by atoms with van der Waals surface area (Å²) in [4.78, 5) is 7.54. The lowest BCUT2D eigenvalue weighted by Crippen LogP contribution is -2.24. The number of hydrogen-bond acceptors (Lipinski definition) is 3. The summed E-state index contributed by atoms with van der Waals surface area (Å²) in [6.45, 7) is 4.50. The Morgan fingerprint density at radius 2 is 1.59 bits per heavy atom. The number of imidazole rings is 2. The van der Waals surface area contributed by atoms with Crippen LogP contribution in [0, 0.1) is 0 Å². The fraction of sp³-hybridized carbons (Fsp3) is 0.318. The molecule has 154 valence electrons. The number of rotatable bonds is 5. The van der Waals surface area contributed by atoms with Crippen LogP contribution in [0.1, 0.15) is 12.8 Å². The second-order valence-electron chi connectivity index (χ2n) is 7.21. The second-order valence-corrected chi connectivity index (χ2v) is 7.21. The third kappa shape index (κ3) is 4.09. The number of nitrogens with zero attached hydrogens (tertiary/aromatic N) is 4. The van der Waals surface area contributed by atoms with Crippen LogP contribution in [0.4, 0.5) is 0 Å². The smallest absolute Gasteiger partial charge is 0.215 e. The van der Waals surface area contributed by atoms with Crippen LogP contribution in [-0.4, -0.2) is 45.6 Å². The predicted octanol–water partition coefficient (Wildman–Crippen LogP) is 5.22. The molecule has 0 unspecified atom stereocenters. The number of fused-ring (bicyclic) bond motifs is 3. The van der Waals surface area contributed by atoms with Crippen LogP contribution in [0.3, 0.4) is 0 Å². The summed E-state index contributed by atoms with van der Waals surface area (Å²) in [5.41, 5.74) is 4.56. The molecule has 0 N–H and O–H groups in total. The molecule has 0 saturated carbocycles. The fourth-order valence-electron chi connectivity index (χ4n) is 4.11. The molecule has 7 heteroatoms. The Labute approximate surface area is 191 Å². The van der Waals surface area contributed by atoms with Crippen molar-refractivity contribution in [3.05, 3.63) is 54.7 Å². The van der Waals surface area contributed by atoms with E-state index in [4.69, 9.17) is 9.72 Å². The summed E-state index contributed by atoms with van der Waals surface area (Å²) in [5, 5.41) is 0. The van der Waals surface area contributed by atoms with Crippen molar-refractivity contribution >= 4 is 50.8 Å². The minimum absolute atomic E-state index is 0. The van der Waals surface area contributed by atoms with Crippen LogP contribution in [0.15, 0.2) is 54.7 Å². The van der Waals surface area contributed by atoms with Gasteiger partial charge in [-0.2, -0.15) is 0 Å². The highest BCUT2D eigenvalue weighted by molar-refractivity contribution is 8.93. The van der Waals surface area contributed by atoms with E-state index in [1.54, 1.807) is 7.11 Å². The van der Waals surface area contributed by atoms with Gasteiger partial charge in [-0.1, -0.05) is 12.1 Å². The van der Waals surface area contributed by atoms with Gasteiger partial charge in [0.15, 0.2) is 0 Å². The molecule has 0 aliphatic carbocycles. The molecule has 0 atom stereocenters. The summed E-state index contributed by atoms with van der Waals surface area (Å²) in [7, 11) is 1.69. The maximum Gasteiger partial charge on any atom is 0.215 e. The van der Waals surface area contributed by atoms with Crippen molar-refractivity contribution in [2.24, 2.45) is 0 Å². The van der Waals surface area contributed by atoms with Crippen LogP contribution >= 0.6 is 34.0 Å². The highest BCUT2D eigenvalue weighted by atomic mass is 79.9. The van der Waals surface area contributed by atoms with E-state index in [0.29, 0.717) is 0 Å². The van der Waals surface area contributed by atoms with Crippen LogP contribution in [0.2, 0.25) is 0 Å². The Balaban J connectivity index is 0.00000120. The zero-order valence-corrected chi connectivity index (χ0v) is 19.9. The van der Waals surface area contributed by atoms with Gasteiger partial charge in [0, 0.05) is 24.8 Å². The Bertz CT molecular complexity index is 1080. The number of halogens is 2. The van der Waals surface area contributed by atoms with Crippen molar-refractivity contribution in [1.29, 1.82) is 0 Å². The molecule has 3 heterocycles. The van der Waals surface area contributed by atoms with Gasteiger partial charge in [0.25, 0.3) is 0 Å². The zero-order valence-electron chi connectivity index (χ0n) is 16.5. The van der Waals surface area contributed by atoms with Gasteiger partial charge in [0.1, 0.15) is 5.75 Å². The average molecular weight is 522 g/mol. The number of benzene rings is 2. The van der Waals surface area contributed by atoms with Gasteiger partial charge >= 0.3 is 0 Å². The summed E-state index contributed by atoms with van der Waals surface area (Å²) in [6.07, 6.45) is 4.80. The number of methoxy groups -OCH3 is 1. The molecule has 0 radical (unpaired) electrons. The summed E-state index contributed by atoms with van der Waals surface area (Å²) in [5.74, 6) is 1.88. The lowest BCUT2D eigenvalue weighted by molar-refractivity contribution is 0.325. The highest BCUT2D eigenvalue weighted by Crippen LogP contribution is 2.27. The van der Waals surface area contributed by atoms with E-state index in [-0.39, 0.29) is 34.0 Å². The van der Waals surface area contributed by atoms with Gasteiger partial charge < -0.3 is 14.2 Å². The van der Waals surface area contributed by atoms with Crippen molar-refractivity contribution in [1.82, 2.24) is 18.9 Å². The van der Waals surface area contributed by atoms with Gasteiger partial charge in [0.05, 0.1) is 23.8 Å². The average Bonchev–Trinajstić information content (AvgIpc) is 3.43. The van der Waals surface area contributed by atoms with Crippen molar-refractivity contribution in [2.75, 3.05) is 26.7 Å². The Morgan fingerprint density at radius 1 is 0.897 bits per heavy atom. The molecule has 0 bridgehead atoms. The maximum absolute atomic E-state index is 5.27. The number of para-hydroxylation sites is 2. The first-order chi connectivity index (χ1) is 13.3. The number of hydrogen-bond donors (Lipinski definition) is 0. The first-order valence-electron chi connectivity index (χ1n) is 9.66.